The maximum Gasteiger partial charge on any atom is 0.303 e. The summed E-state index contributed by atoms with van der Waals surface area (Å²) in [5.41, 5.74) is 3.21. The predicted octanol–water partition coefficient (Wildman–Crippen LogP) is 2.39. The van der Waals surface area contributed by atoms with E-state index >= 15 is 0 Å². The molecule has 2 rings (SSSR count). The maximum atomic E-state index is 10.7. The molecule has 1 fully saturated rings. The summed E-state index contributed by atoms with van der Waals surface area (Å²) in [6.45, 7) is 6.73. The number of ether oxygens (including phenoxy) is 1. The average Bonchev–Trinajstić information content (AvgIpc) is 2.44. The first-order valence-electron chi connectivity index (χ1n) is 7.44. The maximum absolute atomic E-state index is 10.7. The molecule has 0 atom stereocenters. The van der Waals surface area contributed by atoms with Gasteiger partial charge in [-0.3, -0.25) is 14.7 Å². The number of carboxylic acid groups (broad SMARTS) is 1. The van der Waals surface area contributed by atoms with Gasteiger partial charge in [0.25, 0.3) is 0 Å². The van der Waals surface area contributed by atoms with Crippen molar-refractivity contribution < 1.29 is 14.6 Å². The number of pyridine rings is 1. The molecule has 1 saturated heterocycles. The molecule has 0 saturated carbocycles. The number of aliphatic carboxylic acids is 1. The van der Waals surface area contributed by atoms with Gasteiger partial charge >= 0.3 is 5.97 Å². The van der Waals surface area contributed by atoms with Crippen molar-refractivity contribution in [1.82, 2.24) is 9.88 Å². The first-order chi connectivity index (χ1) is 10.0. The van der Waals surface area contributed by atoms with Crippen molar-refractivity contribution in [3.63, 3.8) is 0 Å². The molecule has 0 radical (unpaired) electrons. The van der Waals surface area contributed by atoms with Gasteiger partial charge in [0.1, 0.15) is 5.75 Å². The minimum atomic E-state index is -0.686. The highest BCUT2D eigenvalue weighted by Crippen LogP contribution is 2.26. The van der Waals surface area contributed by atoms with E-state index < -0.39 is 5.97 Å². The van der Waals surface area contributed by atoms with E-state index in [0.717, 1.165) is 55.0 Å². The van der Waals surface area contributed by atoms with Crippen LogP contribution < -0.4 is 4.74 Å². The molecule has 21 heavy (non-hydrogen) atoms. The first-order valence-corrected chi connectivity index (χ1v) is 7.44. The number of carbonyl (C=O) groups is 1. The molecule has 0 bridgehead atoms. The van der Waals surface area contributed by atoms with Crippen LogP contribution in [0.3, 0.4) is 0 Å². The van der Waals surface area contributed by atoms with Gasteiger partial charge in [-0.15, -0.1) is 0 Å². The van der Waals surface area contributed by atoms with E-state index in [0.29, 0.717) is 12.3 Å². The zero-order chi connectivity index (χ0) is 15.4. The summed E-state index contributed by atoms with van der Waals surface area (Å²) in [5.74, 6) is 0.551. The van der Waals surface area contributed by atoms with Crippen LogP contribution in [0.2, 0.25) is 0 Å². The van der Waals surface area contributed by atoms with Gasteiger partial charge in [-0.2, -0.15) is 0 Å². The summed E-state index contributed by atoms with van der Waals surface area (Å²) in [7, 11) is 1.69. The highest BCUT2D eigenvalue weighted by Gasteiger charge is 2.22. The molecule has 1 N–H and O–H groups in total. The topological polar surface area (TPSA) is 62.7 Å². The van der Waals surface area contributed by atoms with E-state index in [9.17, 15) is 4.79 Å². The van der Waals surface area contributed by atoms with E-state index in [1.807, 2.05) is 20.0 Å². The second-order valence-electron chi connectivity index (χ2n) is 5.86. The summed E-state index contributed by atoms with van der Waals surface area (Å²) in [4.78, 5) is 17.6. The number of piperidine rings is 1. The van der Waals surface area contributed by atoms with Crippen molar-refractivity contribution in [3.05, 3.63) is 23.0 Å². The monoisotopic (exact) mass is 292 g/mol. The molecule has 5 nitrogen and oxygen atoms in total. The van der Waals surface area contributed by atoms with Gasteiger partial charge in [-0.25, -0.2) is 0 Å². The number of rotatable bonds is 5. The zero-order valence-corrected chi connectivity index (χ0v) is 13.1. The van der Waals surface area contributed by atoms with Crippen LogP contribution in [0.25, 0.3) is 0 Å². The smallest absolute Gasteiger partial charge is 0.303 e. The fourth-order valence-electron chi connectivity index (χ4n) is 3.04. The molecule has 1 aromatic rings. The molecule has 0 unspecified atom stereocenters. The lowest BCUT2D eigenvalue weighted by Gasteiger charge is -2.31. The fraction of sp³-hybridized carbons (Fsp3) is 0.625. The van der Waals surface area contributed by atoms with Gasteiger partial charge in [0.05, 0.1) is 12.8 Å². The third-order valence-electron chi connectivity index (χ3n) is 4.29. The van der Waals surface area contributed by atoms with Crippen LogP contribution in [-0.2, 0) is 11.3 Å². The van der Waals surface area contributed by atoms with E-state index in [1.54, 1.807) is 7.11 Å². The quantitative estimate of drug-likeness (QED) is 0.903. The molecule has 2 heterocycles. The van der Waals surface area contributed by atoms with Gasteiger partial charge in [0, 0.05) is 30.3 Å². The van der Waals surface area contributed by atoms with E-state index in [2.05, 4.69) is 9.88 Å². The van der Waals surface area contributed by atoms with Crippen LogP contribution in [0, 0.1) is 19.8 Å². The average molecular weight is 292 g/mol. The Bertz CT molecular complexity index is 508. The van der Waals surface area contributed by atoms with E-state index in [4.69, 9.17) is 9.84 Å². The Hall–Kier alpha value is -1.62. The van der Waals surface area contributed by atoms with Crippen molar-refractivity contribution in [2.45, 2.75) is 39.7 Å². The summed E-state index contributed by atoms with van der Waals surface area (Å²) in [6.07, 6.45) is 4.06. The lowest BCUT2D eigenvalue weighted by atomic mass is 9.93. The minimum absolute atomic E-state index is 0.295. The second-order valence-corrected chi connectivity index (χ2v) is 5.86. The molecule has 5 heteroatoms. The van der Waals surface area contributed by atoms with Crippen molar-refractivity contribution in [1.29, 1.82) is 0 Å². The normalized spacial score (nSPS) is 16.9. The van der Waals surface area contributed by atoms with Gasteiger partial charge in [-0.05, 0) is 45.7 Å². The van der Waals surface area contributed by atoms with Gasteiger partial charge < -0.3 is 9.84 Å². The Morgan fingerprint density at radius 2 is 2.10 bits per heavy atom. The molecule has 1 aliphatic rings. The number of aryl methyl sites for hydroxylation is 1. The van der Waals surface area contributed by atoms with Crippen LogP contribution in [0.15, 0.2) is 6.20 Å². The third kappa shape index (κ3) is 3.94. The Kier molecular flexibility index (Phi) is 5.17. The molecule has 0 spiro atoms. The molecule has 1 aliphatic heterocycles. The number of nitrogens with zero attached hydrogens (tertiary/aromatic N) is 2. The first kappa shape index (κ1) is 15.8. The van der Waals surface area contributed by atoms with Gasteiger partial charge in [0.15, 0.2) is 0 Å². The summed E-state index contributed by atoms with van der Waals surface area (Å²) >= 11 is 0. The lowest BCUT2D eigenvalue weighted by Crippen LogP contribution is -2.34. The van der Waals surface area contributed by atoms with Gasteiger partial charge in [-0.1, -0.05) is 0 Å². The number of carboxylic acids is 1. The summed E-state index contributed by atoms with van der Waals surface area (Å²) < 4.78 is 5.44. The van der Waals surface area contributed by atoms with Gasteiger partial charge in [0.2, 0.25) is 0 Å². The molecular weight excluding hydrogens is 268 g/mol. The number of likely N-dealkylation sites (tertiary alicyclic amines) is 1. The van der Waals surface area contributed by atoms with E-state index in [1.165, 1.54) is 0 Å². The van der Waals surface area contributed by atoms with Crippen molar-refractivity contribution in [2.75, 3.05) is 20.2 Å². The number of hydrogen-bond donors (Lipinski definition) is 1. The highest BCUT2D eigenvalue weighted by molar-refractivity contribution is 5.67. The minimum Gasteiger partial charge on any atom is -0.496 e. The van der Waals surface area contributed by atoms with Crippen molar-refractivity contribution >= 4 is 5.97 Å². The van der Waals surface area contributed by atoms with Crippen LogP contribution in [0.5, 0.6) is 5.75 Å². The lowest BCUT2D eigenvalue weighted by molar-refractivity contribution is -0.138. The number of hydrogen-bond acceptors (Lipinski definition) is 4. The SMILES string of the molecule is COc1c(C)cnc(CN2CCC(CC(=O)O)CC2)c1C. The van der Waals surface area contributed by atoms with E-state index in [-0.39, 0.29) is 0 Å². The number of aromatic nitrogens is 1. The highest BCUT2D eigenvalue weighted by atomic mass is 16.5. The van der Waals surface area contributed by atoms with Crippen LogP contribution >= 0.6 is 0 Å². The molecule has 0 amide bonds. The zero-order valence-electron chi connectivity index (χ0n) is 13.1. The summed E-state index contributed by atoms with van der Waals surface area (Å²) in [6, 6.07) is 0. The second kappa shape index (κ2) is 6.89. The predicted molar refractivity (Wildman–Crippen MR) is 80.5 cm³/mol. The fourth-order valence-corrected chi connectivity index (χ4v) is 3.04. The van der Waals surface area contributed by atoms with Crippen LogP contribution in [0.4, 0.5) is 0 Å². The Labute approximate surface area is 125 Å². The summed E-state index contributed by atoms with van der Waals surface area (Å²) in [5, 5.41) is 8.85. The van der Waals surface area contributed by atoms with Crippen molar-refractivity contribution in [2.24, 2.45) is 5.92 Å². The Morgan fingerprint density at radius 3 is 2.67 bits per heavy atom. The van der Waals surface area contributed by atoms with Crippen LogP contribution in [-0.4, -0.2) is 41.2 Å². The molecule has 0 aliphatic carbocycles. The molecular formula is C16H24N2O3. The standard InChI is InChI=1S/C16H24N2O3/c1-11-9-17-14(12(2)16(11)21-3)10-18-6-4-13(5-7-18)8-15(19)20/h9,13H,4-8,10H2,1-3H3,(H,19,20). The Morgan fingerprint density at radius 1 is 1.43 bits per heavy atom. The largest absolute Gasteiger partial charge is 0.496 e. The Balaban J connectivity index is 1.96. The molecule has 1 aromatic heterocycles. The number of methoxy groups -OCH3 is 1. The molecule has 0 aromatic carbocycles. The van der Waals surface area contributed by atoms with Crippen molar-refractivity contribution in [3.8, 4) is 5.75 Å². The van der Waals surface area contributed by atoms with Crippen LogP contribution in [0.1, 0.15) is 36.1 Å². The third-order valence-corrected chi connectivity index (χ3v) is 4.29. The molecule has 116 valence electrons.